The number of hydrogen-bond acceptors (Lipinski definition) is 5. The van der Waals surface area contributed by atoms with Crippen molar-refractivity contribution in [3.8, 4) is 0 Å². The quantitative estimate of drug-likeness (QED) is 0.393. The van der Waals surface area contributed by atoms with E-state index in [0.29, 0.717) is 11.4 Å². The van der Waals surface area contributed by atoms with Gasteiger partial charge in [0.1, 0.15) is 5.60 Å². The zero-order valence-electron chi connectivity index (χ0n) is 21.0. The van der Waals surface area contributed by atoms with E-state index in [4.69, 9.17) is 0 Å². The van der Waals surface area contributed by atoms with E-state index in [0.717, 1.165) is 41.3 Å². The molecule has 2 N–H and O–H groups in total. The van der Waals surface area contributed by atoms with Crippen LogP contribution < -0.4 is 11.0 Å². The normalized spacial score (nSPS) is 13.7. The molecule has 0 aliphatic heterocycles. The Balaban J connectivity index is 1.81. The Morgan fingerprint density at radius 1 is 1.03 bits per heavy atom. The van der Waals surface area contributed by atoms with E-state index in [-0.39, 0.29) is 23.3 Å². The van der Waals surface area contributed by atoms with Crippen molar-refractivity contribution in [3.63, 3.8) is 0 Å². The number of imidazole rings is 1. The first kappa shape index (κ1) is 24.8. The third kappa shape index (κ3) is 4.07. The van der Waals surface area contributed by atoms with E-state index in [1.165, 1.54) is 12.1 Å². The van der Waals surface area contributed by atoms with Crippen LogP contribution in [-0.2, 0) is 13.0 Å². The molecule has 0 fully saturated rings. The van der Waals surface area contributed by atoms with Crippen molar-refractivity contribution in [2.75, 3.05) is 5.32 Å². The molecule has 0 amide bonds. The molecule has 0 bridgehead atoms. The molecule has 0 saturated heterocycles. The molecule has 0 radical (unpaired) electrons. The summed E-state index contributed by atoms with van der Waals surface area (Å²) in [6, 6.07) is 9.46. The summed E-state index contributed by atoms with van der Waals surface area (Å²) in [7, 11) is 1.75. The van der Waals surface area contributed by atoms with Crippen molar-refractivity contribution >= 4 is 27.6 Å². The number of aryl methyl sites for hydroxylation is 2. The van der Waals surface area contributed by atoms with Gasteiger partial charge < -0.3 is 10.4 Å². The molecular formula is C26H31F2N5O2. The fourth-order valence-electron chi connectivity index (χ4n) is 4.38. The second kappa shape index (κ2) is 8.41. The highest BCUT2D eigenvalue weighted by atomic mass is 19.3. The highest BCUT2D eigenvalue weighted by molar-refractivity contribution is 6.01. The lowest BCUT2D eigenvalue weighted by molar-refractivity contribution is -0.168. The van der Waals surface area contributed by atoms with Crippen LogP contribution >= 0.6 is 0 Å². The minimum absolute atomic E-state index is 0.0324. The van der Waals surface area contributed by atoms with Gasteiger partial charge >= 0.3 is 11.6 Å². The van der Waals surface area contributed by atoms with Crippen molar-refractivity contribution in [1.29, 1.82) is 0 Å². The molecule has 0 aliphatic rings. The van der Waals surface area contributed by atoms with Crippen molar-refractivity contribution < 1.29 is 13.9 Å². The van der Waals surface area contributed by atoms with Crippen LogP contribution in [0.4, 0.5) is 14.6 Å². The molecule has 35 heavy (non-hydrogen) atoms. The summed E-state index contributed by atoms with van der Waals surface area (Å²) in [4.78, 5) is 12.8. The van der Waals surface area contributed by atoms with Crippen molar-refractivity contribution in [3.05, 3.63) is 63.7 Å². The number of nitrogens with zero attached hydrogens (tertiary/aromatic N) is 4. The first-order valence-electron chi connectivity index (χ1n) is 11.6. The third-order valence-corrected chi connectivity index (χ3v) is 6.56. The molecule has 1 atom stereocenters. The molecule has 2 heterocycles. The lowest BCUT2D eigenvalue weighted by Crippen LogP contribution is -2.40. The smallest absolute Gasteiger partial charge is 0.329 e. The first-order chi connectivity index (χ1) is 16.2. The average molecular weight is 484 g/mol. The molecule has 2 aromatic heterocycles. The Hall–Kier alpha value is -3.33. The molecule has 186 valence electrons. The maximum atomic E-state index is 14.7. The number of rotatable bonds is 6. The summed E-state index contributed by atoms with van der Waals surface area (Å²) in [5.41, 5.74) is 0.356. The SMILES string of the molecule is Cc1nnc(N[C@H](C)c2cccc(C(F)(F)C(C)(C)O)c2)c2cc3c(cc12)n(C)c(=O)n3C(C)C. The van der Waals surface area contributed by atoms with Crippen LogP contribution in [0.25, 0.3) is 21.8 Å². The number of anilines is 1. The van der Waals surface area contributed by atoms with Crippen molar-refractivity contribution in [1.82, 2.24) is 19.3 Å². The predicted molar refractivity (Wildman–Crippen MR) is 134 cm³/mol. The lowest BCUT2D eigenvalue weighted by Gasteiger charge is -2.30. The fraction of sp³-hybridized carbons (Fsp3) is 0.423. The number of fused-ring (bicyclic) bond motifs is 2. The van der Waals surface area contributed by atoms with Crippen LogP contribution in [0, 0.1) is 6.92 Å². The first-order valence-corrected chi connectivity index (χ1v) is 11.6. The number of aliphatic hydroxyl groups is 1. The van der Waals surface area contributed by atoms with Gasteiger partial charge in [0.15, 0.2) is 5.82 Å². The van der Waals surface area contributed by atoms with E-state index in [1.54, 1.807) is 28.3 Å². The molecule has 4 aromatic rings. The van der Waals surface area contributed by atoms with Crippen LogP contribution in [0.2, 0.25) is 0 Å². The van der Waals surface area contributed by atoms with Gasteiger partial charge in [-0.1, -0.05) is 18.2 Å². The molecule has 2 aromatic carbocycles. The molecule has 7 nitrogen and oxygen atoms in total. The van der Waals surface area contributed by atoms with Gasteiger partial charge in [0, 0.05) is 29.4 Å². The van der Waals surface area contributed by atoms with E-state index in [1.807, 2.05) is 39.8 Å². The van der Waals surface area contributed by atoms with E-state index in [2.05, 4.69) is 15.5 Å². The van der Waals surface area contributed by atoms with Gasteiger partial charge in [-0.05, 0) is 65.3 Å². The van der Waals surface area contributed by atoms with Gasteiger partial charge in [-0.15, -0.1) is 5.10 Å². The van der Waals surface area contributed by atoms with Crippen molar-refractivity contribution in [2.24, 2.45) is 7.05 Å². The maximum Gasteiger partial charge on any atom is 0.329 e. The summed E-state index contributed by atoms with van der Waals surface area (Å²) in [6.07, 6.45) is 0. The van der Waals surface area contributed by atoms with Crippen LogP contribution in [0.5, 0.6) is 0 Å². The number of halogens is 2. The summed E-state index contributed by atoms with van der Waals surface area (Å²) in [6.45, 7) is 9.80. The topological polar surface area (TPSA) is 85.0 Å². The Bertz CT molecular complexity index is 1480. The highest BCUT2D eigenvalue weighted by Crippen LogP contribution is 2.39. The number of aromatic nitrogens is 4. The highest BCUT2D eigenvalue weighted by Gasteiger charge is 2.47. The Morgan fingerprint density at radius 3 is 2.31 bits per heavy atom. The summed E-state index contributed by atoms with van der Waals surface area (Å²) in [5.74, 6) is -2.93. The standard InChI is InChI=1S/C26H31F2N5O2/c1-14(2)33-22-13-20-19(12-21(22)32(7)24(33)34)16(4)30-31-23(20)29-15(3)17-9-8-10-18(11-17)26(27,28)25(5,6)35/h8-15,35H,1-7H3,(H,29,31)/t15-/m1/s1. The monoisotopic (exact) mass is 483 g/mol. The Labute approximate surface area is 202 Å². The summed E-state index contributed by atoms with van der Waals surface area (Å²) < 4.78 is 32.9. The second-order valence-electron chi connectivity index (χ2n) is 9.95. The molecule has 4 rings (SSSR count). The molecule has 0 saturated carbocycles. The number of nitrogens with one attached hydrogen (secondary N) is 1. The molecule has 0 aliphatic carbocycles. The van der Waals surface area contributed by atoms with Gasteiger partial charge in [0.2, 0.25) is 0 Å². The van der Waals surface area contributed by atoms with Crippen molar-refractivity contribution in [2.45, 2.75) is 65.1 Å². The minimum atomic E-state index is -3.42. The Morgan fingerprint density at radius 2 is 1.69 bits per heavy atom. The number of hydrogen-bond donors (Lipinski definition) is 2. The summed E-state index contributed by atoms with van der Waals surface area (Å²) >= 11 is 0. The molecule has 9 heteroatoms. The van der Waals surface area contributed by atoms with E-state index < -0.39 is 11.5 Å². The number of benzene rings is 2. The zero-order valence-corrected chi connectivity index (χ0v) is 21.0. The van der Waals surface area contributed by atoms with Crippen LogP contribution in [0.15, 0.2) is 41.2 Å². The molecular weight excluding hydrogens is 452 g/mol. The van der Waals surface area contributed by atoms with Gasteiger partial charge in [0.05, 0.1) is 22.8 Å². The second-order valence-corrected chi connectivity index (χ2v) is 9.95. The Kier molecular flexibility index (Phi) is 5.95. The van der Waals surface area contributed by atoms with Gasteiger partial charge in [-0.2, -0.15) is 13.9 Å². The zero-order chi connectivity index (χ0) is 25.9. The van der Waals surface area contributed by atoms with Crippen LogP contribution in [-0.4, -0.2) is 30.0 Å². The predicted octanol–water partition coefficient (Wildman–Crippen LogP) is 5.21. The summed E-state index contributed by atoms with van der Waals surface area (Å²) in [5, 5.41) is 23.5. The lowest BCUT2D eigenvalue weighted by atomic mass is 9.91. The van der Waals surface area contributed by atoms with E-state index >= 15 is 0 Å². The molecule has 0 spiro atoms. The van der Waals surface area contributed by atoms with Gasteiger partial charge in [-0.3, -0.25) is 9.13 Å². The number of alkyl halides is 2. The maximum absolute atomic E-state index is 14.7. The van der Waals surface area contributed by atoms with Crippen LogP contribution in [0.1, 0.15) is 63.5 Å². The average Bonchev–Trinajstić information content (AvgIpc) is 3.03. The largest absolute Gasteiger partial charge is 0.384 e. The van der Waals surface area contributed by atoms with Crippen LogP contribution in [0.3, 0.4) is 0 Å². The van der Waals surface area contributed by atoms with Gasteiger partial charge in [0.25, 0.3) is 0 Å². The fourth-order valence-corrected chi connectivity index (χ4v) is 4.38. The third-order valence-electron chi connectivity index (χ3n) is 6.56. The molecule has 0 unspecified atom stereocenters. The van der Waals surface area contributed by atoms with E-state index in [9.17, 15) is 18.7 Å². The van der Waals surface area contributed by atoms with Gasteiger partial charge in [-0.25, -0.2) is 4.79 Å². The minimum Gasteiger partial charge on any atom is -0.384 e.